The molecule has 2 aromatic rings. The Kier molecular flexibility index (Phi) is 5.43. The minimum Gasteiger partial charge on any atom is -0.345 e. The number of nitrogens with zero attached hydrogens (tertiary/aromatic N) is 2. The van der Waals surface area contributed by atoms with Gasteiger partial charge in [0.2, 0.25) is 11.8 Å². The van der Waals surface area contributed by atoms with Gasteiger partial charge in [-0.2, -0.15) is 13.2 Å². The number of carbonyl (C=O) groups excluding carboxylic acids is 2. The highest BCUT2D eigenvalue weighted by molar-refractivity contribution is 5.96. The third-order valence-corrected chi connectivity index (χ3v) is 4.32. The molecule has 0 saturated carbocycles. The lowest BCUT2D eigenvalue weighted by Crippen LogP contribution is -2.47. The summed E-state index contributed by atoms with van der Waals surface area (Å²) in [4.78, 5) is 30.1. The summed E-state index contributed by atoms with van der Waals surface area (Å²) in [5, 5.41) is 2.82. The molecule has 0 spiro atoms. The number of carbonyl (C=O) groups is 2. The minimum atomic E-state index is -4.48. The number of fused-ring (bicyclic) bond motifs is 1. The van der Waals surface area contributed by atoms with Crippen LogP contribution in [0.25, 0.3) is 17.0 Å². The lowest BCUT2D eigenvalue weighted by Gasteiger charge is -2.23. The van der Waals surface area contributed by atoms with Crippen molar-refractivity contribution in [1.29, 1.82) is 0 Å². The number of pyridine rings is 1. The van der Waals surface area contributed by atoms with Gasteiger partial charge in [0.15, 0.2) is 0 Å². The number of nitrogens with one attached hydrogen (secondary N) is 1. The molecule has 142 valence electrons. The summed E-state index contributed by atoms with van der Waals surface area (Å²) in [6.07, 6.45) is -0.732. The number of para-hydroxylation sites is 1. The van der Waals surface area contributed by atoms with Gasteiger partial charge in [0.05, 0.1) is 11.2 Å². The summed E-state index contributed by atoms with van der Waals surface area (Å²) < 4.78 is 36.8. The molecule has 27 heavy (non-hydrogen) atoms. The van der Waals surface area contributed by atoms with Crippen molar-refractivity contribution < 1.29 is 22.8 Å². The summed E-state index contributed by atoms with van der Waals surface area (Å²) in [6, 6.07) is 10.3. The Morgan fingerprint density at radius 3 is 2.78 bits per heavy atom. The van der Waals surface area contributed by atoms with Crippen LogP contribution in [-0.4, -0.2) is 47.0 Å². The third kappa shape index (κ3) is 4.84. The van der Waals surface area contributed by atoms with Gasteiger partial charge in [-0.05, 0) is 31.1 Å². The van der Waals surface area contributed by atoms with E-state index >= 15 is 0 Å². The molecule has 1 aliphatic heterocycles. The summed E-state index contributed by atoms with van der Waals surface area (Å²) in [5.41, 5.74) is 1.37. The van der Waals surface area contributed by atoms with E-state index in [4.69, 9.17) is 0 Å². The Bertz CT molecular complexity index is 880. The molecular weight excluding hydrogens is 359 g/mol. The van der Waals surface area contributed by atoms with E-state index < -0.39 is 30.6 Å². The molecule has 1 aromatic carbocycles. The first-order valence-electron chi connectivity index (χ1n) is 8.52. The molecule has 1 N–H and O–H groups in total. The van der Waals surface area contributed by atoms with Crippen LogP contribution in [0.3, 0.4) is 0 Å². The van der Waals surface area contributed by atoms with Crippen molar-refractivity contribution in [3.63, 3.8) is 0 Å². The number of rotatable bonds is 4. The zero-order valence-corrected chi connectivity index (χ0v) is 14.4. The predicted molar refractivity (Wildman–Crippen MR) is 94.6 cm³/mol. The van der Waals surface area contributed by atoms with Gasteiger partial charge in [-0.3, -0.25) is 9.59 Å². The van der Waals surface area contributed by atoms with Crippen molar-refractivity contribution in [3.8, 4) is 0 Å². The highest BCUT2D eigenvalue weighted by atomic mass is 19.4. The standard InChI is InChI=1S/C19H18F3N3O2/c20-19(21,22)12-23-18(27)16-6-3-11-25(16)17(26)10-9-14-8-7-13-4-1-2-5-15(13)24-14/h1-2,4-5,7-10,16H,3,6,11-12H2,(H,23,27)/b10-9+. The van der Waals surface area contributed by atoms with Crippen molar-refractivity contribution >= 4 is 28.8 Å². The summed E-state index contributed by atoms with van der Waals surface area (Å²) >= 11 is 0. The molecule has 2 heterocycles. The van der Waals surface area contributed by atoms with E-state index in [9.17, 15) is 22.8 Å². The van der Waals surface area contributed by atoms with E-state index in [1.54, 1.807) is 6.07 Å². The van der Waals surface area contributed by atoms with Crippen LogP contribution in [0.4, 0.5) is 13.2 Å². The molecule has 1 saturated heterocycles. The van der Waals surface area contributed by atoms with Crippen molar-refractivity contribution in [3.05, 3.63) is 48.2 Å². The van der Waals surface area contributed by atoms with E-state index in [-0.39, 0.29) is 0 Å². The van der Waals surface area contributed by atoms with Gasteiger partial charge in [0.25, 0.3) is 0 Å². The summed E-state index contributed by atoms with van der Waals surface area (Å²) in [7, 11) is 0. The van der Waals surface area contributed by atoms with Gasteiger partial charge in [-0.15, -0.1) is 0 Å². The molecule has 1 atom stereocenters. The highest BCUT2D eigenvalue weighted by Gasteiger charge is 2.35. The number of hydrogen-bond donors (Lipinski definition) is 1. The van der Waals surface area contributed by atoms with Gasteiger partial charge < -0.3 is 10.2 Å². The van der Waals surface area contributed by atoms with Crippen LogP contribution in [0.15, 0.2) is 42.5 Å². The zero-order valence-electron chi connectivity index (χ0n) is 14.4. The normalized spacial score (nSPS) is 17.6. The number of benzene rings is 1. The molecule has 0 bridgehead atoms. The molecule has 1 fully saturated rings. The van der Waals surface area contributed by atoms with Crippen LogP contribution < -0.4 is 5.32 Å². The Morgan fingerprint density at radius 1 is 1.22 bits per heavy atom. The number of likely N-dealkylation sites (tertiary alicyclic amines) is 1. The number of alkyl halides is 3. The van der Waals surface area contributed by atoms with Gasteiger partial charge in [-0.25, -0.2) is 4.98 Å². The smallest absolute Gasteiger partial charge is 0.345 e. The first kappa shape index (κ1) is 18.9. The van der Waals surface area contributed by atoms with Crippen LogP contribution >= 0.6 is 0 Å². The molecule has 1 unspecified atom stereocenters. The maximum Gasteiger partial charge on any atom is 0.405 e. The molecule has 8 heteroatoms. The summed E-state index contributed by atoms with van der Waals surface area (Å²) in [5.74, 6) is -1.20. The maximum atomic E-state index is 12.4. The first-order chi connectivity index (χ1) is 12.8. The van der Waals surface area contributed by atoms with Crippen LogP contribution in [-0.2, 0) is 9.59 Å². The van der Waals surface area contributed by atoms with E-state index in [2.05, 4.69) is 4.98 Å². The van der Waals surface area contributed by atoms with Gasteiger partial charge in [0, 0.05) is 18.0 Å². The van der Waals surface area contributed by atoms with Crippen LogP contribution in [0, 0.1) is 0 Å². The molecule has 5 nitrogen and oxygen atoms in total. The summed E-state index contributed by atoms with van der Waals surface area (Å²) in [6.45, 7) is -1.07. The Hall–Kier alpha value is -2.90. The lowest BCUT2D eigenvalue weighted by atomic mass is 10.2. The van der Waals surface area contributed by atoms with E-state index in [1.165, 1.54) is 17.1 Å². The fourth-order valence-electron chi connectivity index (χ4n) is 3.04. The number of hydrogen-bond acceptors (Lipinski definition) is 3. The molecule has 0 radical (unpaired) electrons. The van der Waals surface area contributed by atoms with E-state index in [0.717, 1.165) is 10.9 Å². The largest absolute Gasteiger partial charge is 0.405 e. The second-order valence-corrected chi connectivity index (χ2v) is 6.28. The molecule has 1 aliphatic rings. The SMILES string of the molecule is O=C(NCC(F)(F)F)C1CCCN1C(=O)/C=C/c1ccc2ccccc2n1. The molecular formula is C19H18F3N3O2. The highest BCUT2D eigenvalue weighted by Crippen LogP contribution is 2.20. The fraction of sp³-hybridized carbons (Fsp3) is 0.316. The van der Waals surface area contributed by atoms with Crippen molar-refractivity contribution in [2.24, 2.45) is 0 Å². The Balaban J connectivity index is 1.66. The predicted octanol–water partition coefficient (Wildman–Crippen LogP) is 2.92. The number of halogens is 3. The van der Waals surface area contributed by atoms with Gasteiger partial charge >= 0.3 is 6.18 Å². The second kappa shape index (κ2) is 7.77. The average Bonchev–Trinajstić information content (AvgIpc) is 3.13. The van der Waals surface area contributed by atoms with Crippen molar-refractivity contribution in [2.75, 3.05) is 13.1 Å². The lowest BCUT2D eigenvalue weighted by molar-refractivity contribution is -0.143. The number of aromatic nitrogens is 1. The molecule has 3 rings (SSSR count). The average molecular weight is 377 g/mol. The van der Waals surface area contributed by atoms with Crippen molar-refractivity contribution in [2.45, 2.75) is 25.1 Å². The monoisotopic (exact) mass is 377 g/mol. The minimum absolute atomic E-state index is 0.332. The van der Waals surface area contributed by atoms with Gasteiger partial charge in [-0.1, -0.05) is 24.3 Å². The number of amides is 2. The van der Waals surface area contributed by atoms with Crippen LogP contribution in [0.1, 0.15) is 18.5 Å². The maximum absolute atomic E-state index is 12.4. The first-order valence-corrected chi connectivity index (χ1v) is 8.52. The van der Waals surface area contributed by atoms with Crippen LogP contribution in [0.5, 0.6) is 0 Å². The quantitative estimate of drug-likeness (QED) is 0.834. The second-order valence-electron chi connectivity index (χ2n) is 6.28. The van der Waals surface area contributed by atoms with E-state index in [1.807, 2.05) is 35.6 Å². The van der Waals surface area contributed by atoms with Crippen LogP contribution in [0.2, 0.25) is 0 Å². The Labute approximate surface area is 153 Å². The molecule has 2 amide bonds. The topological polar surface area (TPSA) is 62.3 Å². The van der Waals surface area contributed by atoms with Crippen molar-refractivity contribution in [1.82, 2.24) is 15.2 Å². The fourth-order valence-corrected chi connectivity index (χ4v) is 3.04. The molecule has 0 aliphatic carbocycles. The van der Waals surface area contributed by atoms with E-state index in [0.29, 0.717) is 25.1 Å². The van der Waals surface area contributed by atoms with Gasteiger partial charge in [0.1, 0.15) is 12.6 Å². The molecule has 1 aromatic heterocycles. The zero-order chi connectivity index (χ0) is 19.4. The third-order valence-electron chi connectivity index (χ3n) is 4.32. The Morgan fingerprint density at radius 2 is 2.00 bits per heavy atom.